The van der Waals surface area contributed by atoms with Gasteiger partial charge >= 0.3 is 6.09 Å². The van der Waals surface area contributed by atoms with E-state index in [0.717, 1.165) is 21.5 Å². The van der Waals surface area contributed by atoms with Crippen LogP contribution in [-0.2, 0) is 11.3 Å². The summed E-state index contributed by atoms with van der Waals surface area (Å²) >= 11 is 1.41. The number of hydrogen-bond acceptors (Lipinski definition) is 5. The van der Waals surface area contributed by atoms with E-state index >= 15 is 0 Å². The zero-order valence-corrected chi connectivity index (χ0v) is 20.2. The monoisotopic (exact) mass is 472 g/mol. The Labute approximate surface area is 196 Å². The summed E-state index contributed by atoms with van der Waals surface area (Å²) in [6, 6.07) is 8.24. The zero-order valence-electron chi connectivity index (χ0n) is 19.4. The van der Waals surface area contributed by atoms with Crippen LogP contribution in [0.3, 0.4) is 0 Å². The van der Waals surface area contributed by atoms with Gasteiger partial charge in [0.2, 0.25) is 0 Å². The average Bonchev–Trinajstić information content (AvgIpc) is 3.30. The van der Waals surface area contributed by atoms with Crippen molar-refractivity contribution < 1.29 is 18.7 Å². The van der Waals surface area contributed by atoms with E-state index in [1.807, 2.05) is 38.4 Å². The van der Waals surface area contributed by atoms with Crippen LogP contribution < -0.4 is 5.32 Å². The molecule has 0 bridgehead atoms. The molecule has 1 aliphatic rings. The van der Waals surface area contributed by atoms with Gasteiger partial charge in [-0.1, -0.05) is 12.1 Å². The second-order valence-electron chi connectivity index (χ2n) is 9.41. The minimum atomic E-state index is -0.520. The molecule has 0 spiro atoms. The van der Waals surface area contributed by atoms with Gasteiger partial charge in [0.15, 0.2) is 0 Å². The maximum atomic E-state index is 13.2. The number of amides is 2. The summed E-state index contributed by atoms with van der Waals surface area (Å²) in [5, 5.41) is 8.65. The number of benzene rings is 1. The first-order valence-corrected chi connectivity index (χ1v) is 11.9. The molecule has 1 aliphatic heterocycles. The van der Waals surface area contributed by atoms with Gasteiger partial charge in [0.05, 0.1) is 17.1 Å². The summed E-state index contributed by atoms with van der Waals surface area (Å²) in [4.78, 5) is 28.4. The van der Waals surface area contributed by atoms with Crippen LogP contribution in [0.4, 0.5) is 9.18 Å². The van der Waals surface area contributed by atoms with E-state index < -0.39 is 5.60 Å². The van der Waals surface area contributed by atoms with Crippen molar-refractivity contribution in [2.24, 2.45) is 0 Å². The number of hydrogen-bond donors (Lipinski definition) is 1. The van der Waals surface area contributed by atoms with Gasteiger partial charge in [-0.3, -0.25) is 9.48 Å². The number of nitrogens with one attached hydrogen (secondary N) is 1. The molecular weight excluding hydrogens is 443 g/mol. The van der Waals surface area contributed by atoms with E-state index in [1.54, 1.807) is 17.0 Å². The Hall–Kier alpha value is -2.94. The summed E-state index contributed by atoms with van der Waals surface area (Å²) < 4.78 is 20.5. The van der Waals surface area contributed by atoms with Crippen molar-refractivity contribution in [2.45, 2.75) is 58.7 Å². The molecule has 0 atom stereocenters. The van der Waals surface area contributed by atoms with Crippen LogP contribution in [-0.4, -0.2) is 51.4 Å². The summed E-state index contributed by atoms with van der Waals surface area (Å²) in [5.41, 5.74) is 1.28. The van der Waals surface area contributed by atoms with Gasteiger partial charge in [0.1, 0.15) is 16.2 Å². The number of aryl methyl sites for hydroxylation is 1. The number of carbonyl (C=O) groups excluding carboxylic acids is 2. The maximum Gasteiger partial charge on any atom is 0.410 e. The summed E-state index contributed by atoms with van der Waals surface area (Å²) in [7, 11) is 0. The highest BCUT2D eigenvalue weighted by Crippen LogP contribution is 2.29. The largest absolute Gasteiger partial charge is 0.444 e. The Kier molecular flexibility index (Phi) is 6.43. The third-order valence-electron chi connectivity index (χ3n) is 5.56. The molecule has 1 saturated heterocycles. The summed E-state index contributed by atoms with van der Waals surface area (Å²) in [6.45, 7) is 9.09. The van der Waals surface area contributed by atoms with Crippen LogP contribution in [0.5, 0.6) is 0 Å². The van der Waals surface area contributed by atoms with Crippen molar-refractivity contribution in [3.05, 3.63) is 52.3 Å². The summed E-state index contributed by atoms with van der Waals surface area (Å²) in [6.07, 6.45) is 1.07. The fraction of sp³-hybridized carbons (Fsp3) is 0.458. The maximum absolute atomic E-state index is 13.2. The molecular formula is C24H29FN4O3S. The second kappa shape index (κ2) is 9.13. The molecule has 2 aromatic heterocycles. The fourth-order valence-corrected chi connectivity index (χ4v) is 4.95. The second-order valence-corrected chi connectivity index (χ2v) is 10.4. The molecule has 2 amide bonds. The minimum absolute atomic E-state index is 0.0122. The van der Waals surface area contributed by atoms with Crippen LogP contribution >= 0.6 is 11.3 Å². The number of aromatic nitrogens is 2. The molecule has 0 radical (unpaired) electrons. The number of ether oxygens (including phenoxy) is 1. The Morgan fingerprint density at radius 1 is 1.21 bits per heavy atom. The van der Waals surface area contributed by atoms with Gasteiger partial charge in [-0.05, 0) is 64.3 Å². The van der Waals surface area contributed by atoms with Crippen molar-refractivity contribution in [3.8, 4) is 0 Å². The predicted octanol–water partition coefficient (Wildman–Crippen LogP) is 4.72. The molecule has 0 aliphatic carbocycles. The average molecular weight is 473 g/mol. The Balaban J connectivity index is 1.39. The molecule has 4 rings (SSSR count). The first-order valence-electron chi connectivity index (χ1n) is 11.1. The van der Waals surface area contributed by atoms with Gasteiger partial charge in [-0.2, -0.15) is 5.10 Å². The number of carbonyl (C=O) groups is 2. The Morgan fingerprint density at radius 2 is 1.88 bits per heavy atom. The standard InChI is InChI=1S/C24H29FN4O3S/c1-15-19-13-20(33-22(19)29(27-15)14-16-5-7-17(25)8-6-16)21(30)26-18-9-11-28(12-10-18)23(31)32-24(2,3)4/h5-8,13,18H,9-12,14H2,1-4H3,(H,26,30). The van der Waals surface area contributed by atoms with E-state index in [-0.39, 0.29) is 23.9 Å². The van der Waals surface area contributed by atoms with Crippen molar-refractivity contribution in [1.82, 2.24) is 20.0 Å². The molecule has 1 aromatic carbocycles. The van der Waals surface area contributed by atoms with Gasteiger partial charge < -0.3 is 15.0 Å². The molecule has 1 fully saturated rings. The lowest BCUT2D eigenvalue weighted by atomic mass is 10.1. The SMILES string of the molecule is Cc1nn(Cc2ccc(F)cc2)c2sc(C(=O)NC3CCN(C(=O)OC(C)(C)C)CC3)cc12. The molecule has 1 N–H and O–H groups in total. The topological polar surface area (TPSA) is 76.5 Å². The zero-order chi connectivity index (χ0) is 23.8. The van der Waals surface area contributed by atoms with Crippen LogP contribution in [0.1, 0.15) is 54.5 Å². The number of likely N-dealkylation sites (tertiary alicyclic amines) is 1. The third-order valence-corrected chi connectivity index (χ3v) is 6.71. The first kappa shape index (κ1) is 23.2. The highest BCUT2D eigenvalue weighted by Gasteiger charge is 2.28. The highest BCUT2D eigenvalue weighted by atomic mass is 32.1. The molecule has 9 heteroatoms. The van der Waals surface area contributed by atoms with E-state index in [1.165, 1.54) is 23.5 Å². The number of rotatable bonds is 4. The minimum Gasteiger partial charge on any atom is -0.444 e. The van der Waals surface area contributed by atoms with E-state index in [2.05, 4.69) is 10.4 Å². The van der Waals surface area contributed by atoms with Gasteiger partial charge in [-0.25, -0.2) is 9.18 Å². The highest BCUT2D eigenvalue weighted by molar-refractivity contribution is 7.20. The summed E-state index contributed by atoms with van der Waals surface area (Å²) in [5.74, 6) is -0.382. The molecule has 0 unspecified atom stereocenters. The van der Waals surface area contributed by atoms with Crippen LogP contribution in [0, 0.1) is 12.7 Å². The third kappa shape index (κ3) is 5.52. The predicted molar refractivity (Wildman–Crippen MR) is 126 cm³/mol. The number of thiophene rings is 1. The number of fused-ring (bicyclic) bond motifs is 1. The van der Waals surface area contributed by atoms with Crippen LogP contribution in [0.2, 0.25) is 0 Å². The van der Waals surface area contributed by atoms with E-state index in [4.69, 9.17) is 4.74 Å². The van der Waals surface area contributed by atoms with Crippen LogP contribution in [0.25, 0.3) is 10.2 Å². The molecule has 176 valence electrons. The Bertz CT molecular complexity index is 1160. The van der Waals surface area contributed by atoms with Crippen molar-refractivity contribution in [2.75, 3.05) is 13.1 Å². The lowest BCUT2D eigenvalue weighted by Gasteiger charge is -2.33. The smallest absolute Gasteiger partial charge is 0.410 e. The van der Waals surface area contributed by atoms with Gasteiger partial charge in [-0.15, -0.1) is 11.3 Å². The number of nitrogens with zero attached hydrogens (tertiary/aromatic N) is 3. The molecule has 3 aromatic rings. The van der Waals surface area contributed by atoms with Gasteiger partial charge in [0, 0.05) is 24.5 Å². The van der Waals surface area contributed by atoms with Crippen LogP contribution in [0.15, 0.2) is 30.3 Å². The van der Waals surface area contributed by atoms with E-state index in [9.17, 15) is 14.0 Å². The number of halogens is 1. The van der Waals surface area contributed by atoms with E-state index in [0.29, 0.717) is 37.4 Å². The first-order chi connectivity index (χ1) is 15.6. The molecule has 7 nitrogen and oxygen atoms in total. The quantitative estimate of drug-likeness (QED) is 0.596. The molecule has 33 heavy (non-hydrogen) atoms. The molecule has 0 saturated carbocycles. The lowest BCUT2D eigenvalue weighted by molar-refractivity contribution is 0.0200. The lowest BCUT2D eigenvalue weighted by Crippen LogP contribution is -2.47. The Morgan fingerprint density at radius 3 is 2.52 bits per heavy atom. The van der Waals surface area contributed by atoms with Crippen molar-refractivity contribution in [3.63, 3.8) is 0 Å². The normalized spacial score (nSPS) is 15.1. The van der Waals surface area contributed by atoms with Crippen molar-refractivity contribution in [1.29, 1.82) is 0 Å². The number of piperidine rings is 1. The van der Waals surface area contributed by atoms with Crippen molar-refractivity contribution >= 4 is 33.6 Å². The van der Waals surface area contributed by atoms with Gasteiger partial charge in [0.25, 0.3) is 5.91 Å². The molecule has 3 heterocycles. The fourth-order valence-electron chi connectivity index (χ4n) is 3.88.